The molecule has 1 aliphatic rings. The molecule has 0 aromatic heterocycles. The Bertz CT molecular complexity index is 119. The lowest BCUT2D eigenvalue weighted by Crippen LogP contribution is -2.30. The van der Waals surface area contributed by atoms with Crippen molar-refractivity contribution in [2.24, 2.45) is 5.92 Å². The van der Waals surface area contributed by atoms with E-state index in [1.54, 1.807) is 0 Å². The fraction of sp³-hybridized carbons (Fsp3) is 1.00. The maximum atomic E-state index is 9.97. The lowest BCUT2D eigenvalue weighted by atomic mass is 9.90. The highest BCUT2D eigenvalue weighted by Crippen LogP contribution is 2.33. The topological polar surface area (TPSA) is 20.2 Å². The van der Waals surface area contributed by atoms with Gasteiger partial charge in [0.2, 0.25) is 0 Å². The van der Waals surface area contributed by atoms with Crippen molar-refractivity contribution in [3.05, 3.63) is 0 Å². The molecular formula is C9H18OS. The average Bonchev–Trinajstić information content (AvgIpc) is 2.36. The van der Waals surface area contributed by atoms with E-state index in [0.29, 0.717) is 5.92 Å². The summed E-state index contributed by atoms with van der Waals surface area (Å²) in [5, 5.41) is 9.97. The van der Waals surface area contributed by atoms with E-state index >= 15 is 0 Å². The molecule has 1 fully saturated rings. The van der Waals surface area contributed by atoms with Gasteiger partial charge in [0.1, 0.15) is 0 Å². The molecule has 1 N–H and O–H groups in total. The van der Waals surface area contributed by atoms with Crippen LogP contribution >= 0.6 is 11.8 Å². The minimum Gasteiger partial charge on any atom is -0.389 e. The largest absolute Gasteiger partial charge is 0.389 e. The molecule has 1 aliphatic heterocycles. The molecule has 0 bridgehead atoms. The van der Waals surface area contributed by atoms with Crippen molar-refractivity contribution in [1.82, 2.24) is 0 Å². The Balaban J connectivity index is 2.33. The van der Waals surface area contributed by atoms with Crippen LogP contribution in [0.25, 0.3) is 0 Å². The molecule has 11 heavy (non-hydrogen) atoms. The van der Waals surface area contributed by atoms with E-state index in [-0.39, 0.29) is 5.60 Å². The molecule has 0 aromatic rings. The predicted octanol–water partition coefficient (Wildman–Crippen LogP) is 2.29. The normalized spacial score (nSPS) is 34.1. The van der Waals surface area contributed by atoms with Crippen molar-refractivity contribution in [3.63, 3.8) is 0 Å². The van der Waals surface area contributed by atoms with Crippen LogP contribution in [-0.2, 0) is 0 Å². The third-order valence-electron chi connectivity index (χ3n) is 2.51. The van der Waals surface area contributed by atoms with Crippen molar-refractivity contribution in [3.8, 4) is 0 Å². The van der Waals surface area contributed by atoms with Crippen LogP contribution in [0.15, 0.2) is 0 Å². The number of thioether (sulfide) groups is 1. The Kier molecular flexibility index (Phi) is 3.26. The van der Waals surface area contributed by atoms with Gasteiger partial charge in [-0.15, -0.1) is 0 Å². The summed E-state index contributed by atoms with van der Waals surface area (Å²) < 4.78 is 0. The molecule has 1 rings (SSSR count). The lowest BCUT2D eigenvalue weighted by molar-refractivity contribution is 0.0433. The Morgan fingerprint density at radius 1 is 1.64 bits per heavy atom. The number of hydrogen-bond acceptors (Lipinski definition) is 2. The maximum absolute atomic E-state index is 9.97. The fourth-order valence-corrected chi connectivity index (χ4v) is 2.86. The standard InChI is InChI=1S/C9H18OS/c1-3-8(2)6-9(10)4-5-11-7-9/h8,10H,3-7H2,1-2H3. The maximum Gasteiger partial charge on any atom is 0.0748 e. The third-order valence-corrected chi connectivity index (χ3v) is 3.74. The molecule has 0 saturated carbocycles. The lowest BCUT2D eigenvalue weighted by Gasteiger charge is -2.24. The minimum absolute atomic E-state index is 0.319. The summed E-state index contributed by atoms with van der Waals surface area (Å²) in [6.45, 7) is 4.41. The summed E-state index contributed by atoms with van der Waals surface area (Å²) in [6.07, 6.45) is 3.19. The highest BCUT2D eigenvalue weighted by Gasteiger charge is 2.32. The van der Waals surface area contributed by atoms with E-state index in [9.17, 15) is 5.11 Å². The smallest absolute Gasteiger partial charge is 0.0748 e. The predicted molar refractivity (Wildman–Crippen MR) is 51.0 cm³/mol. The molecule has 2 atom stereocenters. The molecule has 1 saturated heterocycles. The fourth-order valence-electron chi connectivity index (χ4n) is 1.55. The Morgan fingerprint density at radius 2 is 2.36 bits per heavy atom. The molecule has 2 unspecified atom stereocenters. The van der Waals surface area contributed by atoms with Gasteiger partial charge in [-0.25, -0.2) is 0 Å². The van der Waals surface area contributed by atoms with E-state index in [4.69, 9.17) is 0 Å². The molecule has 66 valence electrons. The quantitative estimate of drug-likeness (QED) is 0.708. The molecule has 0 spiro atoms. The van der Waals surface area contributed by atoms with E-state index in [1.807, 2.05) is 11.8 Å². The van der Waals surface area contributed by atoms with Crippen LogP contribution in [0.2, 0.25) is 0 Å². The van der Waals surface area contributed by atoms with Gasteiger partial charge in [0.05, 0.1) is 5.60 Å². The monoisotopic (exact) mass is 174 g/mol. The number of hydrogen-bond donors (Lipinski definition) is 1. The zero-order valence-corrected chi connectivity index (χ0v) is 8.28. The van der Waals surface area contributed by atoms with Gasteiger partial charge in [0.15, 0.2) is 0 Å². The van der Waals surface area contributed by atoms with Crippen molar-refractivity contribution in [2.75, 3.05) is 11.5 Å². The Hall–Kier alpha value is 0.310. The van der Waals surface area contributed by atoms with Crippen LogP contribution < -0.4 is 0 Å². The number of rotatable bonds is 3. The number of aliphatic hydroxyl groups is 1. The second-order valence-corrected chi connectivity index (χ2v) is 4.85. The molecule has 1 heterocycles. The van der Waals surface area contributed by atoms with E-state index in [2.05, 4.69) is 13.8 Å². The molecule has 2 heteroatoms. The van der Waals surface area contributed by atoms with Gasteiger partial charge in [-0.05, 0) is 24.5 Å². The first-order chi connectivity index (χ1) is 5.16. The van der Waals surface area contributed by atoms with Crippen LogP contribution in [0.1, 0.15) is 33.1 Å². The molecule has 1 nitrogen and oxygen atoms in total. The van der Waals surface area contributed by atoms with Crippen molar-refractivity contribution in [2.45, 2.75) is 38.7 Å². The van der Waals surface area contributed by atoms with Crippen LogP contribution in [0, 0.1) is 5.92 Å². The average molecular weight is 174 g/mol. The van der Waals surface area contributed by atoms with Gasteiger partial charge in [-0.3, -0.25) is 0 Å². The van der Waals surface area contributed by atoms with Crippen molar-refractivity contribution in [1.29, 1.82) is 0 Å². The highest BCUT2D eigenvalue weighted by molar-refractivity contribution is 7.99. The van der Waals surface area contributed by atoms with Crippen LogP contribution in [-0.4, -0.2) is 22.2 Å². The zero-order chi connectivity index (χ0) is 8.32. The molecule has 0 amide bonds. The first-order valence-electron chi connectivity index (χ1n) is 4.46. The van der Waals surface area contributed by atoms with Gasteiger partial charge >= 0.3 is 0 Å². The second-order valence-electron chi connectivity index (χ2n) is 3.74. The van der Waals surface area contributed by atoms with Gasteiger partial charge in [0.25, 0.3) is 0 Å². The van der Waals surface area contributed by atoms with Crippen molar-refractivity contribution < 1.29 is 5.11 Å². The highest BCUT2D eigenvalue weighted by atomic mass is 32.2. The molecule has 0 aromatic carbocycles. The first-order valence-corrected chi connectivity index (χ1v) is 5.62. The Morgan fingerprint density at radius 3 is 2.82 bits per heavy atom. The zero-order valence-electron chi connectivity index (χ0n) is 7.47. The summed E-state index contributed by atoms with van der Waals surface area (Å²) in [5.74, 6) is 2.78. The minimum atomic E-state index is -0.319. The summed E-state index contributed by atoms with van der Waals surface area (Å²) in [7, 11) is 0. The van der Waals surface area contributed by atoms with E-state index in [0.717, 1.165) is 24.3 Å². The van der Waals surface area contributed by atoms with Crippen LogP contribution in [0.5, 0.6) is 0 Å². The summed E-state index contributed by atoms with van der Waals surface area (Å²) in [4.78, 5) is 0. The summed E-state index contributed by atoms with van der Waals surface area (Å²) >= 11 is 1.88. The molecular weight excluding hydrogens is 156 g/mol. The van der Waals surface area contributed by atoms with Gasteiger partial charge in [0, 0.05) is 5.75 Å². The van der Waals surface area contributed by atoms with Crippen molar-refractivity contribution >= 4 is 11.8 Å². The van der Waals surface area contributed by atoms with Gasteiger partial charge < -0.3 is 5.11 Å². The van der Waals surface area contributed by atoms with Crippen LogP contribution in [0.3, 0.4) is 0 Å². The summed E-state index contributed by atoms with van der Waals surface area (Å²) in [6, 6.07) is 0. The second kappa shape index (κ2) is 3.81. The van der Waals surface area contributed by atoms with Gasteiger partial charge in [-0.1, -0.05) is 20.3 Å². The first kappa shape index (κ1) is 9.40. The Labute approximate surface area is 73.6 Å². The van der Waals surface area contributed by atoms with Gasteiger partial charge in [-0.2, -0.15) is 11.8 Å². The third kappa shape index (κ3) is 2.68. The molecule has 0 radical (unpaired) electrons. The molecule has 0 aliphatic carbocycles. The van der Waals surface area contributed by atoms with E-state index < -0.39 is 0 Å². The van der Waals surface area contributed by atoms with E-state index in [1.165, 1.54) is 6.42 Å². The van der Waals surface area contributed by atoms with Crippen LogP contribution in [0.4, 0.5) is 0 Å². The summed E-state index contributed by atoms with van der Waals surface area (Å²) in [5.41, 5.74) is -0.319. The SMILES string of the molecule is CCC(C)CC1(O)CCSC1.